The monoisotopic (exact) mass is 283 g/mol. The van der Waals surface area contributed by atoms with E-state index in [9.17, 15) is 8.78 Å². The Balaban J connectivity index is 1.81. The molecule has 0 bridgehead atoms. The maximum Gasteiger partial charge on any atom is 0.130 e. The summed E-state index contributed by atoms with van der Waals surface area (Å²) >= 11 is 0. The summed E-state index contributed by atoms with van der Waals surface area (Å²) in [4.78, 5) is 0. The first-order valence-corrected chi connectivity index (χ1v) is 7.02. The lowest BCUT2D eigenvalue weighted by Gasteiger charge is -2.39. The molecular weight excluding hydrogens is 264 g/mol. The molecule has 1 aromatic rings. The van der Waals surface area contributed by atoms with Crippen LogP contribution in [0.1, 0.15) is 30.9 Å². The second-order valence-corrected chi connectivity index (χ2v) is 5.75. The van der Waals surface area contributed by atoms with Crippen molar-refractivity contribution < 1.29 is 18.3 Å². The van der Waals surface area contributed by atoms with Crippen molar-refractivity contribution in [3.05, 3.63) is 35.4 Å². The van der Waals surface area contributed by atoms with Gasteiger partial charge in [-0.2, -0.15) is 0 Å². The highest BCUT2D eigenvalue weighted by Gasteiger charge is 2.43. The normalized spacial score (nSPS) is 31.6. The molecule has 0 aliphatic carbocycles. The van der Waals surface area contributed by atoms with E-state index in [0.29, 0.717) is 26.2 Å². The molecule has 2 saturated heterocycles. The van der Waals surface area contributed by atoms with E-state index in [-0.39, 0.29) is 17.1 Å². The van der Waals surface area contributed by atoms with Crippen LogP contribution < -0.4 is 5.73 Å². The molecule has 5 heteroatoms. The van der Waals surface area contributed by atoms with Gasteiger partial charge in [-0.25, -0.2) is 8.78 Å². The van der Waals surface area contributed by atoms with Crippen molar-refractivity contribution in [1.29, 1.82) is 0 Å². The van der Waals surface area contributed by atoms with E-state index < -0.39 is 17.7 Å². The summed E-state index contributed by atoms with van der Waals surface area (Å²) in [5.41, 5.74) is 5.84. The van der Waals surface area contributed by atoms with Crippen LogP contribution in [0.5, 0.6) is 0 Å². The molecule has 1 aromatic carbocycles. The minimum atomic E-state index is -0.641. The van der Waals surface area contributed by atoms with Crippen molar-refractivity contribution in [2.75, 3.05) is 19.8 Å². The van der Waals surface area contributed by atoms with Crippen molar-refractivity contribution in [2.24, 2.45) is 11.7 Å². The lowest BCUT2D eigenvalue weighted by atomic mass is 9.79. The Hall–Kier alpha value is -1.04. The summed E-state index contributed by atoms with van der Waals surface area (Å²) in [6.45, 7) is 1.80. The number of ether oxygens (including phenoxy) is 2. The number of benzene rings is 1. The van der Waals surface area contributed by atoms with Crippen LogP contribution in [0.4, 0.5) is 8.78 Å². The van der Waals surface area contributed by atoms with Gasteiger partial charge in [-0.15, -0.1) is 0 Å². The summed E-state index contributed by atoms with van der Waals surface area (Å²) in [6.07, 6.45) is 2.24. The summed E-state index contributed by atoms with van der Waals surface area (Å²) in [5.74, 6) is -1.13. The van der Waals surface area contributed by atoms with Crippen molar-refractivity contribution >= 4 is 0 Å². The minimum Gasteiger partial charge on any atom is -0.378 e. The van der Waals surface area contributed by atoms with Gasteiger partial charge in [0.25, 0.3) is 0 Å². The molecule has 1 spiro atoms. The van der Waals surface area contributed by atoms with E-state index in [1.54, 1.807) is 0 Å². The maximum absolute atomic E-state index is 13.8. The summed E-state index contributed by atoms with van der Waals surface area (Å²) in [7, 11) is 0. The number of nitrogens with two attached hydrogens (primary N) is 1. The first-order valence-electron chi connectivity index (χ1n) is 7.02. The van der Waals surface area contributed by atoms with Crippen LogP contribution >= 0.6 is 0 Å². The fourth-order valence-electron chi connectivity index (χ4n) is 3.30. The highest BCUT2D eigenvalue weighted by Crippen LogP contribution is 2.40. The fraction of sp³-hybridized carbons (Fsp3) is 0.600. The molecule has 0 aromatic heterocycles. The van der Waals surface area contributed by atoms with Gasteiger partial charge < -0.3 is 15.2 Å². The third-order valence-corrected chi connectivity index (χ3v) is 4.44. The lowest BCUT2D eigenvalue weighted by molar-refractivity contribution is -0.102. The third kappa shape index (κ3) is 2.45. The van der Waals surface area contributed by atoms with Crippen molar-refractivity contribution in [3.8, 4) is 0 Å². The number of halogens is 2. The Bertz CT molecular complexity index is 469. The molecule has 3 unspecified atom stereocenters. The molecule has 2 aliphatic heterocycles. The van der Waals surface area contributed by atoms with Gasteiger partial charge in [0.2, 0.25) is 0 Å². The Morgan fingerprint density at radius 2 is 2.00 bits per heavy atom. The molecule has 110 valence electrons. The molecule has 2 N–H and O–H groups in total. The molecule has 2 aliphatic rings. The van der Waals surface area contributed by atoms with Crippen LogP contribution in [-0.4, -0.2) is 25.4 Å². The fourth-order valence-corrected chi connectivity index (χ4v) is 3.30. The lowest BCUT2D eigenvalue weighted by Crippen LogP contribution is -2.43. The highest BCUT2D eigenvalue weighted by atomic mass is 19.1. The van der Waals surface area contributed by atoms with Crippen LogP contribution in [0.25, 0.3) is 0 Å². The number of hydrogen-bond acceptors (Lipinski definition) is 3. The van der Waals surface area contributed by atoms with Crippen molar-refractivity contribution in [3.63, 3.8) is 0 Å². The van der Waals surface area contributed by atoms with Gasteiger partial charge in [0.15, 0.2) is 0 Å². The van der Waals surface area contributed by atoms with Crippen LogP contribution in [0, 0.1) is 17.6 Å². The minimum absolute atomic E-state index is 0.00605. The van der Waals surface area contributed by atoms with E-state index in [2.05, 4.69) is 0 Å². The van der Waals surface area contributed by atoms with E-state index in [1.807, 2.05) is 0 Å². The highest BCUT2D eigenvalue weighted by molar-refractivity contribution is 5.24. The largest absolute Gasteiger partial charge is 0.378 e. The maximum atomic E-state index is 13.8. The Labute approximate surface area is 117 Å². The van der Waals surface area contributed by atoms with Gasteiger partial charge in [-0.3, -0.25) is 0 Å². The van der Waals surface area contributed by atoms with Crippen LogP contribution in [0.3, 0.4) is 0 Å². The quantitative estimate of drug-likeness (QED) is 0.907. The second kappa shape index (κ2) is 5.39. The topological polar surface area (TPSA) is 44.5 Å². The molecular formula is C15H19F2NO2. The standard InChI is InChI=1S/C15H19F2NO2/c16-11-2-1-3-12(17)13(11)14(18)10-4-6-20-15(8-10)5-7-19-9-15/h1-3,10,14H,4-9,18H2. The Morgan fingerprint density at radius 1 is 1.25 bits per heavy atom. The Kier molecular flexibility index (Phi) is 3.75. The van der Waals surface area contributed by atoms with E-state index in [1.165, 1.54) is 18.2 Å². The molecule has 0 saturated carbocycles. The smallest absolute Gasteiger partial charge is 0.130 e. The van der Waals surface area contributed by atoms with E-state index >= 15 is 0 Å². The van der Waals surface area contributed by atoms with Gasteiger partial charge in [-0.05, 0) is 30.9 Å². The van der Waals surface area contributed by atoms with Crippen molar-refractivity contribution in [1.82, 2.24) is 0 Å². The Morgan fingerprint density at radius 3 is 2.65 bits per heavy atom. The van der Waals surface area contributed by atoms with E-state index in [4.69, 9.17) is 15.2 Å². The summed E-state index contributed by atoms with van der Waals surface area (Å²) < 4.78 is 38.9. The second-order valence-electron chi connectivity index (χ2n) is 5.75. The molecule has 2 heterocycles. The average molecular weight is 283 g/mol. The van der Waals surface area contributed by atoms with Crippen LogP contribution in [0.15, 0.2) is 18.2 Å². The molecule has 2 fully saturated rings. The average Bonchev–Trinajstić information content (AvgIpc) is 2.86. The van der Waals surface area contributed by atoms with Gasteiger partial charge in [0.1, 0.15) is 11.6 Å². The third-order valence-electron chi connectivity index (χ3n) is 4.44. The van der Waals surface area contributed by atoms with Gasteiger partial charge >= 0.3 is 0 Å². The molecule has 3 atom stereocenters. The first-order chi connectivity index (χ1) is 9.61. The molecule has 3 nitrogen and oxygen atoms in total. The zero-order valence-electron chi connectivity index (χ0n) is 11.3. The zero-order valence-corrected chi connectivity index (χ0v) is 11.3. The van der Waals surface area contributed by atoms with Gasteiger partial charge in [0.05, 0.1) is 12.2 Å². The number of rotatable bonds is 2. The summed E-state index contributed by atoms with van der Waals surface area (Å²) in [5, 5.41) is 0. The summed E-state index contributed by atoms with van der Waals surface area (Å²) in [6, 6.07) is 3.23. The van der Waals surface area contributed by atoms with E-state index in [0.717, 1.165) is 12.8 Å². The predicted octanol–water partition coefficient (Wildman–Crippen LogP) is 2.55. The first kappa shape index (κ1) is 13.9. The van der Waals surface area contributed by atoms with Gasteiger partial charge in [0, 0.05) is 31.2 Å². The van der Waals surface area contributed by atoms with Crippen molar-refractivity contribution in [2.45, 2.75) is 30.9 Å². The SMILES string of the molecule is NC(c1c(F)cccc1F)C1CCOC2(CCOC2)C1. The number of hydrogen-bond donors (Lipinski definition) is 1. The van der Waals surface area contributed by atoms with Gasteiger partial charge in [-0.1, -0.05) is 6.07 Å². The zero-order chi connectivity index (χ0) is 14.2. The predicted molar refractivity (Wildman–Crippen MR) is 70.1 cm³/mol. The molecule has 20 heavy (non-hydrogen) atoms. The molecule has 0 radical (unpaired) electrons. The molecule has 0 amide bonds. The van der Waals surface area contributed by atoms with Crippen LogP contribution in [-0.2, 0) is 9.47 Å². The molecule has 3 rings (SSSR count). The van der Waals surface area contributed by atoms with Crippen LogP contribution in [0.2, 0.25) is 0 Å².